The Hall–Kier alpha value is -1.65. The molecule has 2 heterocycles. The zero-order valence-electron chi connectivity index (χ0n) is 11.9. The van der Waals surface area contributed by atoms with E-state index in [0.29, 0.717) is 6.04 Å². The number of likely N-dealkylation sites (tertiary alicyclic amines) is 1. The Balaban J connectivity index is 1.75. The molecular weight excluding hydrogens is 248 g/mol. The standard InChI is InChI=1S/C16H22N4/c1-19-8-7-14(11-19)20-12-18-10-16(20)15(17)9-13-5-3-2-4-6-13/h2-6,10,12,14-15H,7-9,11,17H2,1H3/t14?,15-/m1/s1. The Morgan fingerprint density at radius 1 is 1.35 bits per heavy atom. The van der Waals surface area contributed by atoms with Gasteiger partial charge in [0.05, 0.1) is 18.1 Å². The number of nitrogens with two attached hydrogens (primary N) is 1. The highest BCUT2D eigenvalue weighted by molar-refractivity contribution is 5.19. The van der Waals surface area contributed by atoms with Crippen molar-refractivity contribution in [1.82, 2.24) is 14.5 Å². The minimum absolute atomic E-state index is 0.00538. The average molecular weight is 270 g/mol. The van der Waals surface area contributed by atoms with Crippen LogP contribution in [0.3, 0.4) is 0 Å². The minimum Gasteiger partial charge on any atom is -0.329 e. The molecule has 0 saturated carbocycles. The van der Waals surface area contributed by atoms with Crippen LogP contribution in [0.1, 0.15) is 29.8 Å². The highest BCUT2D eigenvalue weighted by Gasteiger charge is 2.24. The molecular formula is C16H22N4. The third-order valence-corrected chi connectivity index (χ3v) is 4.13. The average Bonchev–Trinajstić information content (AvgIpc) is 3.08. The number of benzene rings is 1. The van der Waals surface area contributed by atoms with Crippen LogP contribution in [0.25, 0.3) is 0 Å². The monoisotopic (exact) mass is 270 g/mol. The number of nitrogens with zero attached hydrogens (tertiary/aromatic N) is 3. The Morgan fingerprint density at radius 3 is 2.85 bits per heavy atom. The van der Waals surface area contributed by atoms with Gasteiger partial charge in [0.15, 0.2) is 0 Å². The van der Waals surface area contributed by atoms with E-state index in [4.69, 9.17) is 5.73 Å². The smallest absolute Gasteiger partial charge is 0.0951 e. The molecule has 1 unspecified atom stereocenters. The van der Waals surface area contributed by atoms with Gasteiger partial charge in [-0.1, -0.05) is 30.3 Å². The predicted molar refractivity (Wildman–Crippen MR) is 80.5 cm³/mol. The molecule has 1 aromatic heterocycles. The first-order valence-electron chi connectivity index (χ1n) is 7.24. The second-order valence-electron chi connectivity index (χ2n) is 5.73. The molecule has 20 heavy (non-hydrogen) atoms. The Labute approximate surface area is 120 Å². The van der Waals surface area contributed by atoms with Crippen LogP contribution in [0.15, 0.2) is 42.9 Å². The van der Waals surface area contributed by atoms with Crippen molar-refractivity contribution in [3.05, 3.63) is 54.1 Å². The molecule has 2 aromatic rings. The van der Waals surface area contributed by atoms with E-state index >= 15 is 0 Å². The van der Waals surface area contributed by atoms with Gasteiger partial charge >= 0.3 is 0 Å². The van der Waals surface area contributed by atoms with E-state index in [1.165, 1.54) is 12.0 Å². The Bertz CT molecular complexity index is 549. The lowest BCUT2D eigenvalue weighted by Gasteiger charge is -2.19. The van der Waals surface area contributed by atoms with Crippen LogP contribution in [0.5, 0.6) is 0 Å². The zero-order chi connectivity index (χ0) is 13.9. The first-order valence-corrected chi connectivity index (χ1v) is 7.24. The van der Waals surface area contributed by atoms with E-state index in [9.17, 15) is 0 Å². The number of imidazole rings is 1. The summed E-state index contributed by atoms with van der Waals surface area (Å²) in [6, 6.07) is 10.9. The number of likely N-dealkylation sites (N-methyl/N-ethyl adjacent to an activating group) is 1. The summed E-state index contributed by atoms with van der Waals surface area (Å²) in [6.45, 7) is 2.23. The van der Waals surface area contributed by atoms with E-state index in [1.54, 1.807) is 0 Å². The van der Waals surface area contributed by atoms with Gasteiger partial charge in [-0.2, -0.15) is 0 Å². The van der Waals surface area contributed by atoms with Gasteiger partial charge in [-0.3, -0.25) is 0 Å². The zero-order valence-corrected chi connectivity index (χ0v) is 11.9. The Morgan fingerprint density at radius 2 is 2.15 bits per heavy atom. The summed E-state index contributed by atoms with van der Waals surface area (Å²) in [7, 11) is 2.17. The highest BCUT2D eigenvalue weighted by atomic mass is 15.2. The van der Waals surface area contributed by atoms with Crippen molar-refractivity contribution in [2.45, 2.75) is 24.9 Å². The van der Waals surface area contributed by atoms with Crippen molar-refractivity contribution in [2.24, 2.45) is 5.73 Å². The van der Waals surface area contributed by atoms with Gasteiger partial charge in [0.1, 0.15) is 0 Å². The summed E-state index contributed by atoms with van der Waals surface area (Å²) in [6.07, 6.45) is 5.89. The highest BCUT2D eigenvalue weighted by Crippen LogP contribution is 2.25. The number of rotatable bonds is 4. The first-order chi connectivity index (χ1) is 9.74. The molecule has 1 aliphatic heterocycles. The van der Waals surface area contributed by atoms with Crippen molar-refractivity contribution in [3.63, 3.8) is 0 Å². The largest absolute Gasteiger partial charge is 0.329 e. The summed E-state index contributed by atoms with van der Waals surface area (Å²) in [5.41, 5.74) is 8.82. The van der Waals surface area contributed by atoms with Gasteiger partial charge in [0.2, 0.25) is 0 Å². The minimum atomic E-state index is 0.00538. The molecule has 1 fully saturated rings. The second kappa shape index (κ2) is 5.77. The van der Waals surface area contributed by atoms with Crippen molar-refractivity contribution < 1.29 is 0 Å². The van der Waals surface area contributed by atoms with Gasteiger partial charge in [0, 0.05) is 18.8 Å². The maximum absolute atomic E-state index is 6.40. The van der Waals surface area contributed by atoms with Crippen LogP contribution in [0, 0.1) is 0 Å². The molecule has 0 bridgehead atoms. The van der Waals surface area contributed by atoms with Crippen LogP contribution in [-0.2, 0) is 6.42 Å². The quantitative estimate of drug-likeness (QED) is 0.924. The lowest BCUT2D eigenvalue weighted by Crippen LogP contribution is -2.22. The van der Waals surface area contributed by atoms with Crippen molar-refractivity contribution in [2.75, 3.05) is 20.1 Å². The van der Waals surface area contributed by atoms with E-state index in [-0.39, 0.29) is 6.04 Å². The van der Waals surface area contributed by atoms with E-state index in [0.717, 1.165) is 25.2 Å². The SMILES string of the molecule is CN1CCC(n2cncc2[C@H](N)Cc2ccccc2)C1. The molecule has 0 spiro atoms. The summed E-state index contributed by atoms with van der Waals surface area (Å²) in [5, 5.41) is 0. The van der Waals surface area contributed by atoms with Crippen LogP contribution in [0.4, 0.5) is 0 Å². The van der Waals surface area contributed by atoms with Gasteiger partial charge in [-0.15, -0.1) is 0 Å². The maximum atomic E-state index is 6.40. The van der Waals surface area contributed by atoms with Crippen LogP contribution in [0.2, 0.25) is 0 Å². The fourth-order valence-corrected chi connectivity index (χ4v) is 3.02. The molecule has 0 aliphatic carbocycles. The molecule has 1 aromatic carbocycles. The topological polar surface area (TPSA) is 47.1 Å². The molecule has 1 aliphatic rings. The van der Waals surface area contributed by atoms with Gasteiger partial charge in [-0.05, 0) is 32.0 Å². The van der Waals surface area contributed by atoms with Crippen molar-refractivity contribution in [1.29, 1.82) is 0 Å². The third-order valence-electron chi connectivity index (χ3n) is 4.13. The van der Waals surface area contributed by atoms with Crippen LogP contribution < -0.4 is 5.73 Å². The molecule has 2 N–H and O–H groups in total. The van der Waals surface area contributed by atoms with Crippen LogP contribution >= 0.6 is 0 Å². The lowest BCUT2D eigenvalue weighted by atomic mass is 10.0. The van der Waals surface area contributed by atoms with Gasteiger partial charge in [-0.25, -0.2) is 4.98 Å². The second-order valence-corrected chi connectivity index (χ2v) is 5.73. The van der Waals surface area contributed by atoms with Gasteiger partial charge in [0.25, 0.3) is 0 Å². The maximum Gasteiger partial charge on any atom is 0.0951 e. The number of aromatic nitrogens is 2. The summed E-state index contributed by atoms with van der Waals surface area (Å²) in [5.74, 6) is 0. The van der Waals surface area contributed by atoms with Gasteiger partial charge < -0.3 is 15.2 Å². The van der Waals surface area contributed by atoms with Crippen molar-refractivity contribution in [3.8, 4) is 0 Å². The molecule has 2 atom stereocenters. The number of hydrogen-bond acceptors (Lipinski definition) is 3. The lowest BCUT2D eigenvalue weighted by molar-refractivity contribution is 0.387. The molecule has 1 saturated heterocycles. The fourth-order valence-electron chi connectivity index (χ4n) is 3.02. The molecule has 0 amide bonds. The fraction of sp³-hybridized carbons (Fsp3) is 0.438. The Kier molecular flexibility index (Phi) is 3.85. The van der Waals surface area contributed by atoms with Crippen LogP contribution in [-0.4, -0.2) is 34.6 Å². The number of hydrogen-bond donors (Lipinski definition) is 1. The van der Waals surface area contributed by atoms with E-state index < -0.39 is 0 Å². The molecule has 106 valence electrons. The summed E-state index contributed by atoms with van der Waals surface area (Å²) < 4.78 is 2.27. The van der Waals surface area contributed by atoms with Crippen molar-refractivity contribution >= 4 is 0 Å². The summed E-state index contributed by atoms with van der Waals surface area (Å²) in [4.78, 5) is 6.68. The molecule has 4 heteroatoms. The summed E-state index contributed by atoms with van der Waals surface area (Å²) >= 11 is 0. The van der Waals surface area contributed by atoms with E-state index in [1.807, 2.05) is 18.6 Å². The third kappa shape index (κ3) is 2.76. The normalized spacial score (nSPS) is 21.2. The molecule has 0 radical (unpaired) electrons. The van der Waals surface area contributed by atoms with E-state index in [2.05, 4.69) is 45.8 Å². The molecule has 4 nitrogen and oxygen atoms in total. The predicted octanol–water partition coefficient (Wildman–Crippen LogP) is 2.00. The first kappa shape index (κ1) is 13.3. The molecule has 3 rings (SSSR count).